The molecule has 0 radical (unpaired) electrons. The van der Waals surface area contributed by atoms with Crippen molar-refractivity contribution in [1.29, 1.82) is 0 Å². The molecule has 0 amide bonds. The standard InChI is InChI=1S/C20H26O.C5H12/c1-13-4-7-17-16-6-5-14-12-15(21)8-10-20(14,3)18(16)9-11-19(13,17)2;1-3-5-4-2/h9,12,16-17H,1,4-8,10-11H2,2-3H3;3-5H2,1-2H3. The molecule has 2 fully saturated rings. The Kier molecular flexibility index (Phi) is 5.66. The van der Waals surface area contributed by atoms with Crippen LogP contribution in [-0.4, -0.2) is 5.78 Å². The Balaban J connectivity index is 0.000000349. The van der Waals surface area contributed by atoms with Gasteiger partial charge in [0.25, 0.3) is 0 Å². The van der Waals surface area contributed by atoms with E-state index in [0.717, 1.165) is 31.1 Å². The third kappa shape index (κ3) is 3.16. The number of fused-ring (bicyclic) bond motifs is 5. The molecule has 0 aromatic rings. The lowest BCUT2D eigenvalue weighted by Crippen LogP contribution is -2.43. The van der Waals surface area contributed by atoms with Crippen LogP contribution >= 0.6 is 0 Å². The van der Waals surface area contributed by atoms with E-state index in [1.54, 1.807) is 5.57 Å². The molecule has 0 spiro atoms. The maximum absolute atomic E-state index is 11.8. The van der Waals surface area contributed by atoms with Crippen molar-refractivity contribution in [2.75, 3.05) is 0 Å². The summed E-state index contributed by atoms with van der Waals surface area (Å²) in [6.45, 7) is 13.6. The van der Waals surface area contributed by atoms with Gasteiger partial charge in [-0.2, -0.15) is 0 Å². The van der Waals surface area contributed by atoms with E-state index in [0.29, 0.717) is 11.2 Å². The number of carbonyl (C=O) groups is 1. The highest BCUT2D eigenvalue weighted by Gasteiger charge is 2.53. The molecule has 4 unspecified atom stereocenters. The van der Waals surface area contributed by atoms with Crippen LogP contribution in [0.3, 0.4) is 0 Å². The molecule has 4 rings (SSSR count). The monoisotopic (exact) mass is 354 g/mol. The summed E-state index contributed by atoms with van der Waals surface area (Å²) in [5.41, 5.74) is 5.10. The summed E-state index contributed by atoms with van der Waals surface area (Å²) in [5.74, 6) is 1.87. The Hall–Kier alpha value is -1.11. The van der Waals surface area contributed by atoms with Gasteiger partial charge < -0.3 is 0 Å². The van der Waals surface area contributed by atoms with E-state index in [1.165, 1.54) is 56.1 Å². The average Bonchev–Trinajstić information content (AvgIpc) is 2.92. The van der Waals surface area contributed by atoms with Gasteiger partial charge >= 0.3 is 0 Å². The Bertz CT molecular complexity index is 635. The Morgan fingerprint density at radius 3 is 2.50 bits per heavy atom. The third-order valence-electron chi connectivity index (χ3n) is 8.00. The van der Waals surface area contributed by atoms with E-state index in [9.17, 15) is 4.79 Å². The topological polar surface area (TPSA) is 17.1 Å². The first-order valence-corrected chi connectivity index (χ1v) is 11.0. The van der Waals surface area contributed by atoms with Gasteiger partial charge in [0.15, 0.2) is 5.78 Å². The Labute approximate surface area is 161 Å². The fourth-order valence-corrected chi connectivity index (χ4v) is 6.12. The van der Waals surface area contributed by atoms with Crippen molar-refractivity contribution >= 4 is 5.78 Å². The van der Waals surface area contributed by atoms with Crippen molar-refractivity contribution in [3.05, 3.63) is 35.5 Å². The number of hydrogen-bond acceptors (Lipinski definition) is 1. The molecule has 0 bridgehead atoms. The average molecular weight is 355 g/mol. The number of carbonyl (C=O) groups excluding carboxylic acids is 1. The highest BCUT2D eigenvalue weighted by atomic mass is 16.1. The molecule has 4 aliphatic rings. The number of hydrogen-bond donors (Lipinski definition) is 0. The van der Waals surface area contributed by atoms with Crippen molar-refractivity contribution in [3.8, 4) is 0 Å². The molecule has 2 saturated carbocycles. The van der Waals surface area contributed by atoms with Crippen molar-refractivity contribution in [1.82, 2.24) is 0 Å². The van der Waals surface area contributed by atoms with Crippen LogP contribution in [0.2, 0.25) is 0 Å². The smallest absolute Gasteiger partial charge is 0.155 e. The second kappa shape index (κ2) is 7.49. The lowest BCUT2D eigenvalue weighted by Gasteiger charge is -2.52. The quantitative estimate of drug-likeness (QED) is 0.479. The van der Waals surface area contributed by atoms with Crippen LogP contribution in [0.5, 0.6) is 0 Å². The second-order valence-corrected chi connectivity index (χ2v) is 9.50. The molecule has 1 heteroatoms. The lowest BCUT2D eigenvalue weighted by molar-refractivity contribution is -0.115. The van der Waals surface area contributed by atoms with E-state index in [2.05, 4.69) is 40.3 Å². The van der Waals surface area contributed by atoms with E-state index in [1.807, 2.05) is 6.08 Å². The molecule has 0 heterocycles. The van der Waals surface area contributed by atoms with Gasteiger partial charge in [-0.1, -0.05) is 76.3 Å². The van der Waals surface area contributed by atoms with Gasteiger partial charge in [0.1, 0.15) is 0 Å². The van der Waals surface area contributed by atoms with Crippen LogP contribution in [0.15, 0.2) is 35.5 Å². The van der Waals surface area contributed by atoms with Crippen molar-refractivity contribution < 1.29 is 4.79 Å². The molecule has 1 nitrogen and oxygen atoms in total. The van der Waals surface area contributed by atoms with E-state index in [4.69, 9.17) is 0 Å². The van der Waals surface area contributed by atoms with Crippen LogP contribution in [0.4, 0.5) is 0 Å². The minimum absolute atomic E-state index is 0.183. The summed E-state index contributed by atoms with van der Waals surface area (Å²) in [7, 11) is 0. The lowest BCUT2D eigenvalue weighted by atomic mass is 9.52. The fourth-order valence-electron chi connectivity index (χ4n) is 6.12. The zero-order valence-corrected chi connectivity index (χ0v) is 17.5. The zero-order chi connectivity index (χ0) is 18.9. The van der Waals surface area contributed by atoms with Crippen LogP contribution in [-0.2, 0) is 4.79 Å². The van der Waals surface area contributed by atoms with Gasteiger partial charge in [-0.25, -0.2) is 0 Å². The highest BCUT2D eigenvalue weighted by Crippen LogP contribution is 2.63. The Morgan fingerprint density at radius 1 is 1.12 bits per heavy atom. The molecular formula is C25H38O. The summed E-state index contributed by atoms with van der Waals surface area (Å²) in [5, 5.41) is 0. The van der Waals surface area contributed by atoms with Gasteiger partial charge in [0, 0.05) is 11.8 Å². The molecule has 26 heavy (non-hydrogen) atoms. The van der Waals surface area contributed by atoms with Gasteiger partial charge in [-0.05, 0) is 61.9 Å². The predicted molar refractivity (Wildman–Crippen MR) is 111 cm³/mol. The number of rotatable bonds is 2. The summed E-state index contributed by atoms with van der Waals surface area (Å²) in [4.78, 5) is 11.8. The SMILES string of the molecule is C=C1CCC2C3CCC4=CC(=O)CCC4(C)C3=CCC12C.CCCCC. The van der Waals surface area contributed by atoms with Crippen molar-refractivity contribution in [3.63, 3.8) is 0 Å². The van der Waals surface area contributed by atoms with Gasteiger partial charge in [0.2, 0.25) is 0 Å². The maximum atomic E-state index is 11.8. The molecule has 4 aliphatic carbocycles. The summed E-state index contributed by atoms with van der Waals surface area (Å²) >= 11 is 0. The molecule has 0 aliphatic heterocycles. The van der Waals surface area contributed by atoms with Crippen LogP contribution < -0.4 is 0 Å². The predicted octanol–water partition coefficient (Wildman–Crippen LogP) is 7.19. The molecule has 0 N–H and O–H groups in total. The summed E-state index contributed by atoms with van der Waals surface area (Å²) < 4.78 is 0. The Morgan fingerprint density at radius 2 is 1.85 bits per heavy atom. The number of ketones is 1. The van der Waals surface area contributed by atoms with E-state index >= 15 is 0 Å². The summed E-state index contributed by atoms with van der Waals surface area (Å²) in [6.07, 6.45) is 16.4. The van der Waals surface area contributed by atoms with E-state index in [-0.39, 0.29) is 5.41 Å². The van der Waals surface area contributed by atoms with Gasteiger partial charge in [-0.15, -0.1) is 0 Å². The number of allylic oxidation sites excluding steroid dienone is 5. The third-order valence-corrected chi connectivity index (χ3v) is 8.00. The van der Waals surface area contributed by atoms with Gasteiger partial charge in [0.05, 0.1) is 0 Å². The van der Waals surface area contributed by atoms with Crippen LogP contribution in [0, 0.1) is 22.7 Å². The first-order chi connectivity index (χ1) is 12.4. The normalized spacial score (nSPS) is 38.3. The molecule has 4 atom stereocenters. The maximum Gasteiger partial charge on any atom is 0.155 e. The van der Waals surface area contributed by atoms with E-state index < -0.39 is 0 Å². The molecular weight excluding hydrogens is 316 g/mol. The second-order valence-electron chi connectivity index (χ2n) is 9.50. The molecule has 0 aromatic heterocycles. The largest absolute Gasteiger partial charge is 0.295 e. The minimum atomic E-state index is 0.183. The number of unbranched alkanes of at least 4 members (excludes halogenated alkanes) is 2. The minimum Gasteiger partial charge on any atom is -0.295 e. The zero-order valence-electron chi connectivity index (χ0n) is 17.5. The van der Waals surface area contributed by atoms with Crippen molar-refractivity contribution in [2.24, 2.45) is 22.7 Å². The molecule has 0 aromatic carbocycles. The first-order valence-electron chi connectivity index (χ1n) is 11.0. The molecule has 144 valence electrons. The first kappa shape index (κ1) is 19.6. The van der Waals surface area contributed by atoms with Gasteiger partial charge in [-0.3, -0.25) is 4.79 Å². The highest BCUT2D eigenvalue weighted by molar-refractivity contribution is 5.92. The van der Waals surface area contributed by atoms with Crippen LogP contribution in [0.25, 0.3) is 0 Å². The fraction of sp³-hybridized carbons (Fsp3) is 0.720. The summed E-state index contributed by atoms with van der Waals surface area (Å²) in [6, 6.07) is 0. The van der Waals surface area contributed by atoms with Crippen molar-refractivity contribution in [2.45, 2.75) is 91.9 Å². The molecule has 0 saturated heterocycles. The van der Waals surface area contributed by atoms with Crippen LogP contribution in [0.1, 0.15) is 91.9 Å².